The first-order valence-corrected chi connectivity index (χ1v) is 6.31. The topological polar surface area (TPSA) is 70.5 Å². The number of nitrogens with zero attached hydrogens (tertiary/aromatic N) is 2. The maximum Gasteiger partial charge on any atom is 0.433 e. The van der Waals surface area contributed by atoms with E-state index in [0.29, 0.717) is 19.5 Å². The van der Waals surface area contributed by atoms with Gasteiger partial charge in [-0.25, -0.2) is 0 Å². The van der Waals surface area contributed by atoms with Crippen molar-refractivity contribution in [3.05, 3.63) is 29.6 Å². The zero-order chi connectivity index (χ0) is 15.6. The van der Waals surface area contributed by atoms with Gasteiger partial charge in [-0.15, -0.1) is 0 Å². The molecule has 0 saturated carbocycles. The minimum Gasteiger partial charge on any atom is -0.481 e. The smallest absolute Gasteiger partial charge is 0.433 e. The number of halogens is 3. The molecule has 0 radical (unpaired) electrons. The number of amides is 1. The molecule has 0 bridgehead atoms. The van der Waals surface area contributed by atoms with Gasteiger partial charge in [-0.1, -0.05) is 0 Å². The lowest BCUT2D eigenvalue weighted by Gasteiger charge is -2.16. The summed E-state index contributed by atoms with van der Waals surface area (Å²) >= 11 is 0. The number of hydrogen-bond acceptors (Lipinski definition) is 3. The van der Waals surface area contributed by atoms with Crippen molar-refractivity contribution in [2.24, 2.45) is 5.92 Å². The largest absolute Gasteiger partial charge is 0.481 e. The fourth-order valence-electron chi connectivity index (χ4n) is 2.30. The van der Waals surface area contributed by atoms with Crippen molar-refractivity contribution in [2.45, 2.75) is 19.0 Å². The Kier molecular flexibility index (Phi) is 4.15. The highest BCUT2D eigenvalue weighted by atomic mass is 19.4. The van der Waals surface area contributed by atoms with Crippen LogP contribution in [-0.2, 0) is 11.0 Å². The molecule has 1 aliphatic rings. The number of alkyl halides is 3. The first-order chi connectivity index (χ1) is 9.77. The quantitative estimate of drug-likeness (QED) is 0.927. The third-order valence-corrected chi connectivity index (χ3v) is 3.34. The summed E-state index contributed by atoms with van der Waals surface area (Å²) < 4.78 is 37.1. The van der Waals surface area contributed by atoms with Crippen molar-refractivity contribution in [2.75, 3.05) is 13.1 Å². The standard InChI is InChI=1S/C13H13F3N2O3/c14-13(15,16)10-2-1-9(6-17-10)12(21)18-4-3-8(7-18)5-11(19)20/h1-2,6,8H,3-5,7H2,(H,19,20). The van der Waals surface area contributed by atoms with E-state index in [1.165, 1.54) is 4.90 Å². The Morgan fingerprint density at radius 2 is 2.10 bits per heavy atom. The van der Waals surface area contributed by atoms with Crippen LogP contribution in [0.25, 0.3) is 0 Å². The third-order valence-electron chi connectivity index (χ3n) is 3.34. The molecule has 0 aromatic carbocycles. The van der Waals surface area contributed by atoms with E-state index in [4.69, 9.17) is 5.11 Å². The molecule has 1 unspecified atom stereocenters. The minimum absolute atomic E-state index is 0.0188. The van der Waals surface area contributed by atoms with Crippen LogP contribution in [0.3, 0.4) is 0 Å². The Morgan fingerprint density at radius 3 is 2.62 bits per heavy atom. The first kappa shape index (κ1) is 15.3. The van der Waals surface area contributed by atoms with Crippen LogP contribution in [0.2, 0.25) is 0 Å². The van der Waals surface area contributed by atoms with Crippen LogP contribution in [0.1, 0.15) is 28.9 Å². The molecule has 0 spiro atoms. The summed E-state index contributed by atoms with van der Waals surface area (Å²) in [6.07, 6.45) is -3.08. The van der Waals surface area contributed by atoms with E-state index >= 15 is 0 Å². The van der Waals surface area contributed by atoms with Crippen molar-refractivity contribution in [1.82, 2.24) is 9.88 Å². The highest BCUT2D eigenvalue weighted by Gasteiger charge is 2.33. The molecule has 1 aromatic heterocycles. The number of carbonyl (C=O) groups excluding carboxylic acids is 1. The Labute approximate surface area is 118 Å². The predicted octanol–water partition coefficient (Wildman–Crippen LogP) is 2.04. The summed E-state index contributed by atoms with van der Waals surface area (Å²) in [5.74, 6) is -1.47. The minimum atomic E-state index is -4.54. The Morgan fingerprint density at radius 1 is 1.38 bits per heavy atom. The lowest BCUT2D eigenvalue weighted by molar-refractivity contribution is -0.141. The molecule has 21 heavy (non-hydrogen) atoms. The van der Waals surface area contributed by atoms with E-state index in [1.807, 2.05) is 0 Å². The van der Waals surface area contributed by atoms with Gasteiger partial charge in [0.2, 0.25) is 0 Å². The van der Waals surface area contributed by atoms with Gasteiger partial charge in [-0.2, -0.15) is 13.2 Å². The van der Waals surface area contributed by atoms with E-state index < -0.39 is 23.7 Å². The second-order valence-corrected chi connectivity index (χ2v) is 4.93. The first-order valence-electron chi connectivity index (χ1n) is 6.31. The second-order valence-electron chi connectivity index (χ2n) is 4.93. The Balaban J connectivity index is 2.03. The number of carboxylic acid groups (broad SMARTS) is 1. The van der Waals surface area contributed by atoms with Crippen molar-refractivity contribution in [1.29, 1.82) is 0 Å². The molecule has 2 rings (SSSR count). The van der Waals surface area contributed by atoms with Crippen LogP contribution in [0, 0.1) is 5.92 Å². The second kappa shape index (κ2) is 5.71. The maximum atomic E-state index is 12.4. The molecule has 114 valence electrons. The van der Waals surface area contributed by atoms with Gasteiger partial charge in [0.1, 0.15) is 5.69 Å². The number of hydrogen-bond donors (Lipinski definition) is 1. The van der Waals surface area contributed by atoms with E-state index in [0.717, 1.165) is 18.3 Å². The highest BCUT2D eigenvalue weighted by molar-refractivity contribution is 5.94. The fraction of sp³-hybridized carbons (Fsp3) is 0.462. The van der Waals surface area contributed by atoms with Crippen molar-refractivity contribution in [3.63, 3.8) is 0 Å². The van der Waals surface area contributed by atoms with Crippen LogP contribution in [-0.4, -0.2) is 40.0 Å². The van der Waals surface area contributed by atoms with Gasteiger partial charge in [-0.3, -0.25) is 14.6 Å². The molecule has 1 saturated heterocycles. The molecule has 1 aliphatic heterocycles. The number of likely N-dealkylation sites (tertiary alicyclic amines) is 1. The van der Waals surface area contributed by atoms with Crippen LogP contribution in [0.5, 0.6) is 0 Å². The van der Waals surface area contributed by atoms with Gasteiger partial charge in [0, 0.05) is 25.7 Å². The van der Waals surface area contributed by atoms with Crippen molar-refractivity contribution >= 4 is 11.9 Å². The van der Waals surface area contributed by atoms with E-state index in [9.17, 15) is 22.8 Å². The molecule has 1 fully saturated rings. The van der Waals surface area contributed by atoms with E-state index in [2.05, 4.69) is 4.98 Å². The summed E-state index contributed by atoms with van der Waals surface area (Å²) in [5, 5.41) is 8.70. The number of aromatic nitrogens is 1. The Hall–Kier alpha value is -2.12. The summed E-state index contributed by atoms with van der Waals surface area (Å²) in [7, 11) is 0. The number of carbonyl (C=O) groups is 2. The normalized spacial score (nSPS) is 18.8. The lowest BCUT2D eigenvalue weighted by Crippen LogP contribution is -2.29. The molecule has 0 aliphatic carbocycles. The monoisotopic (exact) mass is 302 g/mol. The van der Waals surface area contributed by atoms with Crippen molar-refractivity contribution in [3.8, 4) is 0 Å². The summed E-state index contributed by atoms with van der Waals surface area (Å²) in [5.41, 5.74) is -0.983. The van der Waals surface area contributed by atoms with Gasteiger partial charge in [0.15, 0.2) is 0 Å². The number of carboxylic acids is 1. The van der Waals surface area contributed by atoms with E-state index in [-0.39, 0.29) is 17.9 Å². The SMILES string of the molecule is O=C(O)CC1CCN(C(=O)c2ccc(C(F)(F)F)nc2)C1. The van der Waals surface area contributed by atoms with E-state index in [1.54, 1.807) is 0 Å². The molecule has 1 amide bonds. The molecule has 8 heteroatoms. The molecular formula is C13H13F3N2O3. The van der Waals surface area contributed by atoms with Crippen LogP contribution in [0.4, 0.5) is 13.2 Å². The van der Waals surface area contributed by atoms with Gasteiger partial charge < -0.3 is 10.0 Å². The lowest BCUT2D eigenvalue weighted by atomic mass is 10.1. The Bertz CT molecular complexity index is 543. The number of pyridine rings is 1. The van der Waals surface area contributed by atoms with Gasteiger partial charge >= 0.3 is 12.1 Å². The highest BCUT2D eigenvalue weighted by Crippen LogP contribution is 2.27. The summed E-state index contributed by atoms with van der Waals surface area (Å²) in [6.45, 7) is 0.698. The van der Waals surface area contributed by atoms with Crippen LogP contribution >= 0.6 is 0 Å². The zero-order valence-electron chi connectivity index (χ0n) is 10.9. The van der Waals surface area contributed by atoms with Crippen LogP contribution < -0.4 is 0 Å². The molecule has 1 N–H and O–H groups in total. The zero-order valence-corrected chi connectivity index (χ0v) is 10.9. The summed E-state index contributed by atoms with van der Waals surface area (Å²) in [4.78, 5) is 27.4. The number of rotatable bonds is 3. The molecule has 2 heterocycles. The fourth-order valence-corrected chi connectivity index (χ4v) is 2.30. The average molecular weight is 302 g/mol. The van der Waals surface area contributed by atoms with Crippen molar-refractivity contribution < 1.29 is 27.9 Å². The van der Waals surface area contributed by atoms with Gasteiger partial charge in [0.05, 0.1) is 5.56 Å². The van der Waals surface area contributed by atoms with Gasteiger partial charge in [-0.05, 0) is 24.5 Å². The number of aliphatic carboxylic acids is 1. The predicted molar refractivity (Wildman–Crippen MR) is 65.5 cm³/mol. The molecule has 1 aromatic rings. The summed E-state index contributed by atoms with van der Waals surface area (Å²) in [6, 6.07) is 1.85. The third kappa shape index (κ3) is 3.71. The van der Waals surface area contributed by atoms with Crippen LogP contribution in [0.15, 0.2) is 18.3 Å². The molecule has 5 nitrogen and oxygen atoms in total. The van der Waals surface area contributed by atoms with Gasteiger partial charge in [0.25, 0.3) is 5.91 Å². The molecule has 1 atom stereocenters. The maximum absolute atomic E-state index is 12.4. The average Bonchev–Trinajstić information content (AvgIpc) is 2.84. The molecular weight excluding hydrogens is 289 g/mol.